The number of carboxylic acid groups (broad SMARTS) is 1. The number of fused-ring (bicyclic) bond motifs is 1. The highest BCUT2D eigenvalue weighted by Gasteiger charge is 2.33. The molecule has 1 saturated heterocycles. The van der Waals surface area contributed by atoms with E-state index in [0.717, 1.165) is 24.1 Å². The maximum absolute atomic E-state index is 12.9. The monoisotopic (exact) mass is 380 g/mol. The number of carboxylic acids is 1. The minimum absolute atomic E-state index is 0.0392. The number of sulfonamides is 1. The Hall–Kier alpha value is -1.93. The van der Waals surface area contributed by atoms with Gasteiger partial charge in [0.15, 0.2) is 0 Å². The average Bonchev–Trinajstić information content (AvgIpc) is 2.66. The average molecular weight is 380 g/mol. The van der Waals surface area contributed by atoms with Crippen molar-refractivity contribution in [3.05, 3.63) is 23.8 Å². The van der Waals surface area contributed by atoms with Gasteiger partial charge < -0.3 is 10.0 Å². The zero-order valence-corrected chi connectivity index (χ0v) is 15.7. The number of amides is 1. The van der Waals surface area contributed by atoms with Crippen molar-refractivity contribution >= 4 is 27.6 Å². The lowest BCUT2D eigenvalue weighted by molar-refractivity contribution is -0.142. The Morgan fingerprint density at radius 1 is 1.19 bits per heavy atom. The Morgan fingerprint density at radius 3 is 2.50 bits per heavy atom. The van der Waals surface area contributed by atoms with Gasteiger partial charge in [-0.05, 0) is 49.4 Å². The molecule has 1 aromatic rings. The fourth-order valence-electron chi connectivity index (χ4n) is 3.68. The summed E-state index contributed by atoms with van der Waals surface area (Å²) in [7, 11) is -3.65. The standard InChI is InChI=1S/C18H24N2O5S/c1-2-17(21)20-9-3-4-14-12-15(5-6-16(14)20)26(24,25)19-10-7-13(8-11-19)18(22)23/h5-6,12-13H,2-4,7-11H2,1H3,(H,22,23). The fraction of sp³-hybridized carbons (Fsp3) is 0.556. The molecule has 2 aliphatic heterocycles. The summed E-state index contributed by atoms with van der Waals surface area (Å²) in [6.07, 6.45) is 2.63. The smallest absolute Gasteiger partial charge is 0.306 e. The molecule has 1 fully saturated rings. The van der Waals surface area contributed by atoms with Gasteiger partial charge in [0.05, 0.1) is 10.8 Å². The normalized spacial score (nSPS) is 19.2. The van der Waals surface area contributed by atoms with Crippen LogP contribution >= 0.6 is 0 Å². The van der Waals surface area contributed by atoms with Gasteiger partial charge in [-0.3, -0.25) is 9.59 Å². The molecule has 0 unspecified atom stereocenters. The van der Waals surface area contributed by atoms with Crippen LogP contribution < -0.4 is 4.90 Å². The van der Waals surface area contributed by atoms with Crippen LogP contribution in [0.2, 0.25) is 0 Å². The van der Waals surface area contributed by atoms with Gasteiger partial charge in [0.2, 0.25) is 15.9 Å². The second kappa shape index (κ2) is 7.36. The first-order valence-electron chi connectivity index (χ1n) is 9.01. The van der Waals surface area contributed by atoms with Crippen LogP contribution in [0.5, 0.6) is 0 Å². The predicted octanol–water partition coefficient (Wildman–Crippen LogP) is 1.86. The number of piperidine rings is 1. The summed E-state index contributed by atoms with van der Waals surface area (Å²) in [4.78, 5) is 25.1. The van der Waals surface area contributed by atoms with E-state index in [2.05, 4.69) is 0 Å². The maximum atomic E-state index is 12.9. The van der Waals surface area contributed by atoms with Crippen molar-refractivity contribution in [3.63, 3.8) is 0 Å². The molecule has 0 bridgehead atoms. The van der Waals surface area contributed by atoms with Gasteiger partial charge in [-0.25, -0.2) is 8.42 Å². The van der Waals surface area contributed by atoms with Crippen molar-refractivity contribution in [1.82, 2.24) is 4.31 Å². The topological polar surface area (TPSA) is 95.0 Å². The van der Waals surface area contributed by atoms with Gasteiger partial charge >= 0.3 is 5.97 Å². The van der Waals surface area contributed by atoms with E-state index in [9.17, 15) is 18.0 Å². The van der Waals surface area contributed by atoms with Crippen molar-refractivity contribution in [1.29, 1.82) is 0 Å². The van der Waals surface area contributed by atoms with Crippen molar-refractivity contribution in [3.8, 4) is 0 Å². The number of carbonyl (C=O) groups is 2. The third-order valence-electron chi connectivity index (χ3n) is 5.21. The molecular weight excluding hydrogens is 356 g/mol. The van der Waals surface area contributed by atoms with E-state index in [1.54, 1.807) is 23.1 Å². The van der Waals surface area contributed by atoms with Crippen molar-refractivity contribution in [2.45, 2.75) is 43.9 Å². The molecule has 0 atom stereocenters. The van der Waals surface area contributed by atoms with Crippen LogP contribution in [0.1, 0.15) is 38.2 Å². The van der Waals surface area contributed by atoms with Crippen LogP contribution in [-0.2, 0) is 26.0 Å². The molecular formula is C18H24N2O5S. The molecule has 1 amide bonds. The van der Waals surface area contributed by atoms with E-state index >= 15 is 0 Å². The largest absolute Gasteiger partial charge is 0.481 e. The van der Waals surface area contributed by atoms with E-state index in [0.29, 0.717) is 25.8 Å². The van der Waals surface area contributed by atoms with Gasteiger partial charge in [-0.15, -0.1) is 0 Å². The van der Waals surface area contributed by atoms with Crippen molar-refractivity contribution in [2.75, 3.05) is 24.5 Å². The molecule has 8 heteroatoms. The molecule has 0 aromatic heterocycles. The molecule has 0 spiro atoms. The van der Waals surface area contributed by atoms with Crippen LogP contribution in [0, 0.1) is 5.92 Å². The first kappa shape index (κ1) is 18.8. The van der Waals surface area contributed by atoms with E-state index in [1.165, 1.54) is 4.31 Å². The quantitative estimate of drug-likeness (QED) is 0.860. The number of anilines is 1. The van der Waals surface area contributed by atoms with Crippen LogP contribution in [-0.4, -0.2) is 49.3 Å². The fourth-order valence-corrected chi connectivity index (χ4v) is 5.20. The lowest BCUT2D eigenvalue weighted by atomic mass is 9.99. The molecule has 0 saturated carbocycles. The molecule has 142 valence electrons. The van der Waals surface area contributed by atoms with E-state index in [1.807, 2.05) is 6.92 Å². The summed E-state index contributed by atoms with van der Waals surface area (Å²) in [5.74, 6) is -1.30. The summed E-state index contributed by atoms with van der Waals surface area (Å²) in [5.41, 5.74) is 1.67. The Kier molecular flexibility index (Phi) is 5.34. The van der Waals surface area contributed by atoms with Gasteiger partial charge in [-0.2, -0.15) is 4.31 Å². The number of hydrogen-bond donors (Lipinski definition) is 1. The van der Waals surface area contributed by atoms with E-state index < -0.39 is 21.9 Å². The zero-order chi connectivity index (χ0) is 18.9. The molecule has 0 aliphatic carbocycles. The second-order valence-corrected chi connectivity index (χ2v) is 8.75. The molecule has 26 heavy (non-hydrogen) atoms. The summed E-state index contributed by atoms with van der Waals surface area (Å²) in [6.45, 7) is 2.91. The number of aryl methyl sites for hydroxylation is 1. The zero-order valence-electron chi connectivity index (χ0n) is 14.8. The van der Waals surface area contributed by atoms with Crippen LogP contribution in [0.3, 0.4) is 0 Å². The third kappa shape index (κ3) is 3.48. The SMILES string of the molecule is CCC(=O)N1CCCc2cc(S(=O)(=O)N3CCC(C(=O)O)CC3)ccc21. The molecule has 2 aliphatic rings. The summed E-state index contributed by atoms with van der Waals surface area (Å²) in [6, 6.07) is 4.95. The molecule has 3 rings (SSSR count). The number of hydrogen-bond acceptors (Lipinski definition) is 4. The molecule has 7 nitrogen and oxygen atoms in total. The maximum Gasteiger partial charge on any atom is 0.306 e. The Morgan fingerprint density at radius 2 is 1.88 bits per heavy atom. The van der Waals surface area contributed by atoms with Crippen molar-refractivity contribution < 1.29 is 23.1 Å². The highest BCUT2D eigenvalue weighted by atomic mass is 32.2. The Labute approximate surface area is 153 Å². The first-order chi connectivity index (χ1) is 12.3. The lowest BCUT2D eigenvalue weighted by Crippen LogP contribution is -2.40. The van der Waals surface area contributed by atoms with Crippen molar-refractivity contribution in [2.24, 2.45) is 5.92 Å². The summed E-state index contributed by atoms with van der Waals surface area (Å²) >= 11 is 0. The highest BCUT2D eigenvalue weighted by molar-refractivity contribution is 7.89. The Bertz CT molecular complexity index is 813. The van der Waals surface area contributed by atoms with E-state index in [4.69, 9.17) is 5.11 Å². The number of aliphatic carboxylic acids is 1. The van der Waals surface area contributed by atoms with Crippen LogP contribution in [0.15, 0.2) is 23.1 Å². The summed E-state index contributed by atoms with van der Waals surface area (Å²) < 4.78 is 27.2. The molecule has 1 N–H and O–H groups in total. The van der Waals surface area contributed by atoms with Gasteiger partial charge in [-0.1, -0.05) is 6.92 Å². The number of benzene rings is 1. The highest BCUT2D eigenvalue weighted by Crippen LogP contribution is 2.32. The molecule has 0 radical (unpaired) electrons. The van der Waals surface area contributed by atoms with Gasteiger partial charge in [0.25, 0.3) is 0 Å². The van der Waals surface area contributed by atoms with Crippen LogP contribution in [0.25, 0.3) is 0 Å². The summed E-state index contributed by atoms with van der Waals surface area (Å²) in [5, 5.41) is 9.07. The van der Waals surface area contributed by atoms with Gasteiger partial charge in [0, 0.05) is 31.7 Å². The van der Waals surface area contributed by atoms with E-state index in [-0.39, 0.29) is 23.9 Å². The third-order valence-corrected chi connectivity index (χ3v) is 7.11. The first-order valence-corrected chi connectivity index (χ1v) is 10.4. The molecule has 2 heterocycles. The predicted molar refractivity (Wildman–Crippen MR) is 96.5 cm³/mol. The minimum Gasteiger partial charge on any atom is -0.481 e. The van der Waals surface area contributed by atoms with Crippen LogP contribution in [0.4, 0.5) is 5.69 Å². The molecule has 1 aromatic carbocycles. The number of rotatable bonds is 4. The lowest BCUT2D eigenvalue weighted by Gasteiger charge is -2.31. The minimum atomic E-state index is -3.65. The Balaban J connectivity index is 1.84. The second-order valence-electron chi connectivity index (χ2n) is 6.81. The number of carbonyl (C=O) groups excluding carboxylic acids is 1. The van der Waals surface area contributed by atoms with Gasteiger partial charge in [0.1, 0.15) is 0 Å². The number of nitrogens with zero attached hydrogens (tertiary/aromatic N) is 2.